The van der Waals surface area contributed by atoms with Crippen molar-refractivity contribution in [3.8, 4) is 5.75 Å². The van der Waals surface area contributed by atoms with Gasteiger partial charge in [-0.15, -0.1) is 22.0 Å². The fourth-order valence-corrected chi connectivity index (χ4v) is 7.13. The maximum Gasteiger partial charge on any atom is 0.352 e. The number of carbonyl (C=O) groups excluding carboxylic acids is 2. The van der Waals surface area contributed by atoms with Crippen molar-refractivity contribution in [3.05, 3.63) is 52.9 Å². The predicted molar refractivity (Wildman–Crippen MR) is 149 cm³/mol. The van der Waals surface area contributed by atoms with Crippen LogP contribution in [0.2, 0.25) is 0 Å². The second-order valence-electron chi connectivity index (χ2n) is 8.00. The fraction of sp³-hybridized carbons (Fsp3) is 0.273. The third-order valence-corrected chi connectivity index (χ3v) is 9.29. The monoisotopic (exact) mass is 620 g/mol. The van der Waals surface area contributed by atoms with Crippen molar-refractivity contribution < 1.29 is 29.1 Å². The average molecular weight is 621 g/mol. The Morgan fingerprint density at radius 3 is 2.80 bits per heavy atom. The zero-order valence-electron chi connectivity index (χ0n) is 20.3. The Balaban J connectivity index is 1.24. The first-order valence-corrected chi connectivity index (χ1v) is 15.2. The first-order chi connectivity index (χ1) is 19.4. The lowest BCUT2D eigenvalue weighted by Gasteiger charge is -2.49. The van der Waals surface area contributed by atoms with Crippen LogP contribution in [-0.2, 0) is 19.2 Å². The smallest absolute Gasteiger partial charge is 0.352 e. The molecular weight excluding hydrogens is 601 g/mol. The third kappa shape index (κ3) is 6.19. The summed E-state index contributed by atoms with van der Waals surface area (Å²) in [6.07, 6.45) is 0. The van der Waals surface area contributed by atoms with Gasteiger partial charge in [0, 0.05) is 23.0 Å². The highest BCUT2D eigenvalue weighted by atomic mass is 32.2. The number of β-lactam (4-membered cyclic amide) rings is 1. The van der Waals surface area contributed by atoms with Crippen molar-refractivity contribution in [1.82, 2.24) is 29.8 Å². The number of nitrogens with one attached hydrogen (secondary N) is 1. The number of aliphatic carboxylic acids is 1. The lowest BCUT2D eigenvalue weighted by molar-refractivity contribution is -0.150. The minimum absolute atomic E-state index is 0.0184. The van der Waals surface area contributed by atoms with Crippen molar-refractivity contribution in [2.45, 2.75) is 15.8 Å². The van der Waals surface area contributed by atoms with E-state index < -0.39 is 29.2 Å². The molecule has 2 amide bonds. The third-order valence-electron chi connectivity index (χ3n) is 5.46. The molecule has 0 radical (unpaired) electrons. The molecule has 1 unspecified atom stereocenters. The van der Waals surface area contributed by atoms with Gasteiger partial charge in [0.05, 0.1) is 0 Å². The molecule has 18 heteroatoms. The van der Waals surface area contributed by atoms with E-state index in [-0.39, 0.29) is 35.6 Å². The highest BCUT2D eigenvalue weighted by molar-refractivity contribution is 8.01. The van der Waals surface area contributed by atoms with Crippen LogP contribution in [0.3, 0.4) is 0 Å². The van der Waals surface area contributed by atoms with Gasteiger partial charge in [0.15, 0.2) is 16.1 Å². The van der Waals surface area contributed by atoms with Crippen LogP contribution in [0.5, 0.6) is 5.75 Å². The average Bonchev–Trinajstić information content (AvgIpc) is 3.64. The number of oxime groups is 1. The van der Waals surface area contributed by atoms with Gasteiger partial charge in [0.25, 0.3) is 11.8 Å². The molecule has 5 rings (SSSR count). The first-order valence-electron chi connectivity index (χ1n) is 11.5. The largest absolute Gasteiger partial charge is 0.490 e. The highest BCUT2D eigenvalue weighted by Crippen LogP contribution is 2.41. The van der Waals surface area contributed by atoms with Gasteiger partial charge < -0.3 is 25.7 Å². The number of benzene rings is 1. The molecule has 4 heterocycles. The van der Waals surface area contributed by atoms with E-state index in [1.54, 1.807) is 17.6 Å². The summed E-state index contributed by atoms with van der Waals surface area (Å²) in [5, 5.41) is 23.6. The Labute approximate surface area is 243 Å². The lowest BCUT2D eigenvalue weighted by atomic mass is 10.0. The van der Waals surface area contributed by atoms with Crippen LogP contribution in [0.4, 0.5) is 5.13 Å². The molecule has 0 aliphatic carbocycles. The van der Waals surface area contributed by atoms with Gasteiger partial charge in [-0.2, -0.15) is 9.36 Å². The summed E-state index contributed by atoms with van der Waals surface area (Å²) in [6.45, 7) is 0.179. The van der Waals surface area contributed by atoms with E-state index >= 15 is 0 Å². The van der Waals surface area contributed by atoms with Crippen LogP contribution in [0.1, 0.15) is 5.82 Å². The molecule has 0 spiro atoms. The molecule has 1 saturated heterocycles. The summed E-state index contributed by atoms with van der Waals surface area (Å²) in [7, 11) is 0. The molecule has 208 valence electrons. The topological polar surface area (TPSA) is 195 Å². The normalized spacial score (nSPS) is 18.6. The zero-order valence-corrected chi connectivity index (χ0v) is 23.6. The van der Waals surface area contributed by atoms with Crippen molar-refractivity contribution in [2.75, 3.05) is 30.5 Å². The van der Waals surface area contributed by atoms with E-state index in [0.29, 0.717) is 27.2 Å². The quantitative estimate of drug-likeness (QED) is 0.0863. The number of anilines is 1. The summed E-state index contributed by atoms with van der Waals surface area (Å²) in [6, 6.07) is 8.12. The van der Waals surface area contributed by atoms with Gasteiger partial charge in [-0.3, -0.25) is 14.5 Å². The van der Waals surface area contributed by atoms with Crippen LogP contribution >= 0.6 is 46.4 Å². The molecule has 0 bridgehead atoms. The number of hydrogen-bond donors (Lipinski definition) is 3. The number of nitrogens with two attached hydrogens (primary N) is 1. The number of thioether (sulfide) groups is 2. The van der Waals surface area contributed by atoms with Gasteiger partial charge >= 0.3 is 5.97 Å². The molecule has 3 aromatic rings. The molecule has 2 atom stereocenters. The summed E-state index contributed by atoms with van der Waals surface area (Å²) < 4.78 is 10.3. The minimum atomic E-state index is -1.22. The molecular formula is C22H20N8O6S4. The maximum atomic E-state index is 13.2. The van der Waals surface area contributed by atoms with Gasteiger partial charge in [-0.05, 0) is 17.7 Å². The standard InChI is InChI=1S/C22H20N8O6S4/c23-21-26-16(29-40-21)13(28-36-7-6-35-12-4-2-1-3-5-12)17(31)25-14-18(32)30-15(20(33)34)11(8-37-19(14)30)9-38-22-27-24-10-39-22/h1-5,10,14,19H,6-9H2,(H,25,31)(H,33,34)(H2,23,26,29)/t14?,19-/m1/s1. The number of nitrogen functional groups attached to an aromatic ring is 1. The van der Waals surface area contributed by atoms with E-state index in [1.165, 1.54) is 39.8 Å². The Kier molecular flexibility index (Phi) is 8.78. The summed E-state index contributed by atoms with van der Waals surface area (Å²) >= 11 is 4.92. The Morgan fingerprint density at radius 2 is 2.10 bits per heavy atom. The number of nitrogens with zero attached hydrogens (tertiary/aromatic N) is 6. The Hall–Kier alpha value is -3.74. The van der Waals surface area contributed by atoms with Gasteiger partial charge in [0.2, 0.25) is 11.5 Å². The number of hydrogen-bond acceptors (Lipinski definition) is 15. The second kappa shape index (κ2) is 12.6. The van der Waals surface area contributed by atoms with Crippen LogP contribution < -0.4 is 15.8 Å². The number of fused-ring (bicyclic) bond motifs is 1. The second-order valence-corrected chi connectivity index (χ2v) is 11.9. The molecule has 2 aliphatic heterocycles. The van der Waals surface area contributed by atoms with E-state index in [2.05, 4.69) is 30.0 Å². The molecule has 1 aromatic carbocycles. The minimum Gasteiger partial charge on any atom is -0.490 e. The van der Waals surface area contributed by atoms with Gasteiger partial charge in [-0.1, -0.05) is 46.5 Å². The molecule has 0 saturated carbocycles. The molecule has 14 nitrogen and oxygen atoms in total. The highest BCUT2D eigenvalue weighted by Gasteiger charge is 2.54. The first kappa shape index (κ1) is 27.8. The maximum absolute atomic E-state index is 13.2. The van der Waals surface area contributed by atoms with Gasteiger partial charge in [0.1, 0.15) is 35.0 Å². The van der Waals surface area contributed by atoms with Crippen LogP contribution in [0.25, 0.3) is 0 Å². The van der Waals surface area contributed by atoms with E-state index in [1.807, 2.05) is 18.2 Å². The van der Waals surface area contributed by atoms with Crippen molar-refractivity contribution in [2.24, 2.45) is 5.16 Å². The number of amides is 2. The molecule has 1 fully saturated rings. The van der Waals surface area contributed by atoms with E-state index in [4.69, 9.17) is 15.3 Å². The molecule has 2 aliphatic rings. The molecule has 40 heavy (non-hydrogen) atoms. The number of carboxylic acids is 1. The SMILES string of the molecule is Nc1nc(C(=NOCCOc2ccccc2)C(=O)NC2C(=O)N3C(C(=O)O)=C(CSc4nncs4)CS[C@H]23)ns1. The van der Waals surface area contributed by atoms with Crippen LogP contribution in [0, 0.1) is 0 Å². The molecule has 2 aromatic heterocycles. The predicted octanol–water partition coefficient (Wildman–Crippen LogP) is 1.30. The summed E-state index contributed by atoms with van der Waals surface area (Å²) in [4.78, 5) is 48.8. The van der Waals surface area contributed by atoms with E-state index in [9.17, 15) is 19.5 Å². The zero-order chi connectivity index (χ0) is 28.1. The Bertz CT molecular complexity index is 1450. The van der Waals surface area contributed by atoms with Crippen LogP contribution in [0.15, 0.2) is 56.6 Å². The fourth-order valence-electron chi connectivity index (χ4n) is 3.72. The molecule has 4 N–H and O–H groups in total. The lowest BCUT2D eigenvalue weighted by Crippen LogP contribution is -2.71. The van der Waals surface area contributed by atoms with Crippen molar-refractivity contribution in [3.63, 3.8) is 0 Å². The Morgan fingerprint density at radius 1 is 1.27 bits per heavy atom. The number of carbonyl (C=O) groups is 3. The van der Waals surface area contributed by atoms with Crippen molar-refractivity contribution in [1.29, 1.82) is 0 Å². The summed E-state index contributed by atoms with van der Waals surface area (Å²) in [5.41, 5.74) is 7.50. The summed E-state index contributed by atoms with van der Waals surface area (Å²) in [5.74, 6) is -1.24. The number of ether oxygens (including phenoxy) is 1. The number of para-hydroxylation sites is 1. The van der Waals surface area contributed by atoms with Crippen molar-refractivity contribution >= 4 is 75.0 Å². The number of carboxylic acid groups (broad SMARTS) is 1. The van der Waals surface area contributed by atoms with Crippen LogP contribution in [-0.4, -0.2) is 89.2 Å². The number of rotatable bonds is 12. The van der Waals surface area contributed by atoms with E-state index in [0.717, 1.165) is 11.5 Å². The number of aromatic nitrogens is 4. The van der Waals surface area contributed by atoms with Gasteiger partial charge in [-0.25, -0.2) is 4.79 Å².